The van der Waals surface area contributed by atoms with E-state index in [0.717, 1.165) is 22.6 Å². The number of benzene rings is 1. The molecule has 0 aliphatic carbocycles. The molecule has 8 nitrogen and oxygen atoms in total. The Morgan fingerprint density at radius 3 is 2.75 bits per heavy atom. The Labute approximate surface area is 188 Å². The molecule has 0 radical (unpaired) electrons. The SMILES string of the molecule is COc1ccc(CNC(=O)CC2CC3OC(CNCc4ncccc4C)C(O)C3O2)cc1. The van der Waals surface area contributed by atoms with Gasteiger partial charge in [0.15, 0.2) is 0 Å². The number of aliphatic hydroxyl groups is 1. The Hall–Kier alpha value is -2.52. The largest absolute Gasteiger partial charge is 0.497 e. The molecule has 2 saturated heterocycles. The molecule has 8 heteroatoms. The topological polar surface area (TPSA) is 102 Å². The second kappa shape index (κ2) is 10.4. The minimum atomic E-state index is -0.718. The Balaban J connectivity index is 1.18. The van der Waals surface area contributed by atoms with Gasteiger partial charge in [-0.05, 0) is 36.2 Å². The number of carbonyl (C=O) groups excluding carboxylic acids is 1. The van der Waals surface area contributed by atoms with Gasteiger partial charge in [0.2, 0.25) is 5.91 Å². The Morgan fingerprint density at radius 2 is 2.03 bits per heavy atom. The summed E-state index contributed by atoms with van der Waals surface area (Å²) in [5.74, 6) is 0.703. The fourth-order valence-electron chi connectivity index (χ4n) is 4.27. The first-order valence-electron chi connectivity index (χ1n) is 11.0. The average molecular weight is 442 g/mol. The van der Waals surface area contributed by atoms with Crippen molar-refractivity contribution >= 4 is 5.91 Å². The third kappa shape index (κ3) is 5.45. The lowest BCUT2D eigenvalue weighted by Crippen LogP contribution is -2.39. The van der Waals surface area contributed by atoms with Gasteiger partial charge in [0.1, 0.15) is 18.0 Å². The standard InChI is InChI=1S/C24H31N3O5/c1-15-4-3-9-26-19(15)13-25-14-21-23(29)24-20(32-21)10-18(31-24)11-22(28)27-12-16-5-7-17(30-2)8-6-16/h3-9,18,20-21,23-25,29H,10-14H2,1-2H3,(H,27,28). The van der Waals surface area contributed by atoms with E-state index in [1.807, 2.05) is 43.3 Å². The molecule has 3 N–H and O–H groups in total. The molecule has 5 unspecified atom stereocenters. The summed E-state index contributed by atoms with van der Waals surface area (Å²) in [4.78, 5) is 16.7. The molecule has 1 aromatic heterocycles. The van der Waals surface area contributed by atoms with E-state index < -0.39 is 12.2 Å². The Morgan fingerprint density at radius 1 is 1.22 bits per heavy atom. The quantitative estimate of drug-likeness (QED) is 0.542. The highest BCUT2D eigenvalue weighted by atomic mass is 16.6. The van der Waals surface area contributed by atoms with E-state index in [9.17, 15) is 9.90 Å². The zero-order chi connectivity index (χ0) is 22.5. The Bertz CT molecular complexity index is 907. The Kier molecular flexibility index (Phi) is 7.36. The fraction of sp³-hybridized carbons (Fsp3) is 0.500. The molecule has 4 rings (SSSR count). The number of methoxy groups -OCH3 is 1. The average Bonchev–Trinajstić information content (AvgIpc) is 3.32. The van der Waals surface area contributed by atoms with Crippen molar-refractivity contribution in [1.82, 2.24) is 15.6 Å². The van der Waals surface area contributed by atoms with Crippen molar-refractivity contribution in [2.45, 2.75) is 63.4 Å². The van der Waals surface area contributed by atoms with Crippen molar-refractivity contribution in [3.8, 4) is 5.75 Å². The van der Waals surface area contributed by atoms with Gasteiger partial charge in [-0.2, -0.15) is 0 Å². The first kappa shape index (κ1) is 22.7. The van der Waals surface area contributed by atoms with Gasteiger partial charge in [0, 0.05) is 32.3 Å². The number of nitrogens with zero attached hydrogens (tertiary/aromatic N) is 1. The molecule has 0 bridgehead atoms. The minimum Gasteiger partial charge on any atom is -0.497 e. The van der Waals surface area contributed by atoms with Crippen molar-refractivity contribution in [1.29, 1.82) is 0 Å². The third-order valence-electron chi connectivity index (χ3n) is 6.10. The van der Waals surface area contributed by atoms with Crippen molar-refractivity contribution < 1.29 is 24.1 Å². The summed E-state index contributed by atoms with van der Waals surface area (Å²) >= 11 is 0. The smallest absolute Gasteiger partial charge is 0.222 e. The van der Waals surface area contributed by atoms with Crippen LogP contribution >= 0.6 is 0 Å². The number of hydrogen-bond donors (Lipinski definition) is 3. The number of amides is 1. The summed E-state index contributed by atoms with van der Waals surface area (Å²) in [6.07, 6.45) is 0.750. The predicted molar refractivity (Wildman–Crippen MR) is 118 cm³/mol. The van der Waals surface area contributed by atoms with Gasteiger partial charge < -0.3 is 30.0 Å². The minimum absolute atomic E-state index is 0.0794. The van der Waals surface area contributed by atoms with E-state index in [1.54, 1.807) is 13.3 Å². The molecule has 2 aromatic rings. The number of aromatic nitrogens is 1. The summed E-state index contributed by atoms with van der Waals surface area (Å²) in [7, 11) is 1.62. The van der Waals surface area contributed by atoms with Crippen LogP contribution in [0.2, 0.25) is 0 Å². The molecular formula is C24H31N3O5. The fourth-order valence-corrected chi connectivity index (χ4v) is 4.27. The van der Waals surface area contributed by atoms with E-state index in [0.29, 0.717) is 26.1 Å². The first-order chi connectivity index (χ1) is 15.5. The normalized spacial score (nSPS) is 26.7. The number of fused-ring (bicyclic) bond motifs is 1. The van der Waals surface area contributed by atoms with E-state index in [2.05, 4.69) is 15.6 Å². The maximum atomic E-state index is 12.3. The van der Waals surface area contributed by atoms with Crippen LogP contribution in [0, 0.1) is 6.92 Å². The molecule has 5 atom stereocenters. The summed E-state index contributed by atoms with van der Waals surface area (Å²) in [5.41, 5.74) is 3.11. The molecule has 2 aliphatic heterocycles. The number of hydrogen-bond acceptors (Lipinski definition) is 7. The van der Waals surface area contributed by atoms with Crippen LogP contribution in [0.15, 0.2) is 42.6 Å². The lowest BCUT2D eigenvalue weighted by atomic mass is 10.1. The molecule has 172 valence electrons. The van der Waals surface area contributed by atoms with Gasteiger partial charge in [-0.3, -0.25) is 9.78 Å². The molecule has 32 heavy (non-hydrogen) atoms. The number of aliphatic hydroxyl groups excluding tert-OH is 1. The van der Waals surface area contributed by atoms with Crippen LogP contribution < -0.4 is 15.4 Å². The van der Waals surface area contributed by atoms with Gasteiger partial charge in [-0.25, -0.2) is 0 Å². The van der Waals surface area contributed by atoms with E-state index >= 15 is 0 Å². The molecule has 0 saturated carbocycles. The monoisotopic (exact) mass is 441 g/mol. The summed E-state index contributed by atoms with van der Waals surface area (Å²) in [5, 5.41) is 16.9. The number of nitrogens with one attached hydrogen (secondary N) is 2. The highest BCUT2D eigenvalue weighted by Gasteiger charge is 2.50. The van der Waals surface area contributed by atoms with Crippen LogP contribution in [-0.2, 0) is 27.4 Å². The van der Waals surface area contributed by atoms with Gasteiger partial charge in [-0.15, -0.1) is 0 Å². The lowest BCUT2D eigenvalue weighted by molar-refractivity contribution is -0.124. The molecule has 2 fully saturated rings. The van der Waals surface area contributed by atoms with E-state index in [1.165, 1.54) is 0 Å². The van der Waals surface area contributed by atoms with Crippen LogP contribution in [0.3, 0.4) is 0 Å². The van der Waals surface area contributed by atoms with Crippen molar-refractivity contribution in [2.24, 2.45) is 0 Å². The van der Waals surface area contributed by atoms with Gasteiger partial charge in [0.05, 0.1) is 37.5 Å². The zero-order valence-electron chi connectivity index (χ0n) is 18.5. The van der Waals surface area contributed by atoms with Crippen molar-refractivity contribution in [2.75, 3.05) is 13.7 Å². The highest BCUT2D eigenvalue weighted by Crippen LogP contribution is 2.35. The van der Waals surface area contributed by atoms with Crippen LogP contribution in [0.1, 0.15) is 29.7 Å². The molecule has 1 aromatic carbocycles. The lowest BCUT2D eigenvalue weighted by Gasteiger charge is -2.20. The number of ether oxygens (including phenoxy) is 3. The zero-order valence-corrected chi connectivity index (χ0v) is 18.5. The summed E-state index contributed by atoms with van der Waals surface area (Å²) in [6.45, 7) is 3.61. The van der Waals surface area contributed by atoms with Crippen LogP contribution in [0.25, 0.3) is 0 Å². The number of carbonyl (C=O) groups is 1. The van der Waals surface area contributed by atoms with Gasteiger partial charge >= 0.3 is 0 Å². The first-order valence-corrected chi connectivity index (χ1v) is 11.0. The van der Waals surface area contributed by atoms with Crippen LogP contribution in [0.4, 0.5) is 0 Å². The van der Waals surface area contributed by atoms with Crippen LogP contribution in [-0.4, -0.2) is 60.2 Å². The summed E-state index contributed by atoms with van der Waals surface area (Å²) in [6, 6.07) is 11.5. The number of aryl methyl sites for hydroxylation is 1. The van der Waals surface area contributed by atoms with E-state index in [4.69, 9.17) is 14.2 Å². The number of rotatable bonds is 9. The highest BCUT2D eigenvalue weighted by molar-refractivity contribution is 5.76. The predicted octanol–water partition coefficient (Wildman–Crippen LogP) is 1.48. The molecule has 3 heterocycles. The molecule has 2 aliphatic rings. The third-order valence-corrected chi connectivity index (χ3v) is 6.10. The van der Waals surface area contributed by atoms with E-state index in [-0.39, 0.29) is 30.6 Å². The molecular weight excluding hydrogens is 410 g/mol. The molecule has 0 spiro atoms. The van der Waals surface area contributed by atoms with Gasteiger partial charge in [-0.1, -0.05) is 18.2 Å². The second-order valence-corrected chi connectivity index (χ2v) is 8.39. The molecule has 1 amide bonds. The number of pyridine rings is 1. The second-order valence-electron chi connectivity index (χ2n) is 8.39. The van der Waals surface area contributed by atoms with Crippen molar-refractivity contribution in [3.63, 3.8) is 0 Å². The van der Waals surface area contributed by atoms with Crippen LogP contribution in [0.5, 0.6) is 5.75 Å². The summed E-state index contributed by atoms with van der Waals surface area (Å²) < 4.78 is 17.1. The maximum absolute atomic E-state index is 12.3. The van der Waals surface area contributed by atoms with Gasteiger partial charge in [0.25, 0.3) is 0 Å². The maximum Gasteiger partial charge on any atom is 0.222 e. The van der Waals surface area contributed by atoms with Crippen molar-refractivity contribution in [3.05, 3.63) is 59.4 Å².